The Labute approximate surface area is 83.7 Å². The van der Waals surface area contributed by atoms with E-state index in [1.807, 2.05) is 7.05 Å². The first-order valence-electron chi connectivity index (χ1n) is 5.53. The van der Waals surface area contributed by atoms with Crippen molar-refractivity contribution in [2.75, 3.05) is 20.6 Å². The molecule has 0 spiro atoms. The number of likely N-dealkylation sites (N-methyl/N-ethyl adjacent to an activating group) is 2. The van der Waals surface area contributed by atoms with Crippen LogP contribution in [0, 0.1) is 0 Å². The smallest absolute Gasteiger partial charge is 0.0220 e. The Kier molecular flexibility index (Phi) is 7.29. The van der Waals surface area contributed by atoms with E-state index in [-0.39, 0.29) is 0 Å². The van der Waals surface area contributed by atoms with Gasteiger partial charge in [-0.3, -0.25) is 4.90 Å². The van der Waals surface area contributed by atoms with E-state index in [2.05, 4.69) is 38.0 Å². The van der Waals surface area contributed by atoms with Gasteiger partial charge in [0.1, 0.15) is 0 Å². The summed E-state index contributed by atoms with van der Waals surface area (Å²) < 4.78 is 0. The van der Waals surface area contributed by atoms with Crippen LogP contribution in [0.5, 0.6) is 0 Å². The summed E-state index contributed by atoms with van der Waals surface area (Å²) in [5.74, 6) is 0. The molecular formula is C11H26N2. The lowest BCUT2D eigenvalue weighted by molar-refractivity contribution is 0.168. The molecule has 0 fully saturated rings. The molecule has 0 aliphatic heterocycles. The van der Waals surface area contributed by atoms with Gasteiger partial charge in [0.15, 0.2) is 0 Å². The van der Waals surface area contributed by atoms with E-state index >= 15 is 0 Å². The maximum atomic E-state index is 3.27. The fourth-order valence-electron chi connectivity index (χ4n) is 1.67. The molecule has 2 nitrogen and oxygen atoms in total. The number of hydrogen-bond donors (Lipinski definition) is 1. The Morgan fingerprint density at radius 1 is 1.31 bits per heavy atom. The van der Waals surface area contributed by atoms with E-state index in [1.165, 1.54) is 19.3 Å². The number of nitrogens with one attached hydrogen (secondary N) is 1. The van der Waals surface area contributed by atoms with Crippen molar-refractivity contribution in [3.63, 3.8) is 0 Å². The molecule has 2 heteroatoms. The molecule has 0 aliphatic carbocycles. The third-order valence-corrected chi connectivity index (χ3v) is 2.92. The van der Waals surface area contributed by atoms with E-state index in [1.54, 1.807) is 0 Å². The van der Waals surface area contributed by atoms with Gasteiger partial charge in [0, 0.05) is 18.6 Å². The molecule has 80 valence electrons. The van der Waals surface area contributed by atoms with Gasteiger partial charge in [0.05, 0.1) is 0 Å². The summed E-state index contributed by atoms with van der Waals surface area (Å²) in [6.07, 6.45) is 3.80. The normalized spacial score (nSPS) is 16.2. The zero-order valence-corrected chi connectivity index (χ0v) is 9.93. The van der Waals surface area contributed by atoms with Crippen LogP contribution < -0.4 is 5.32 Å². The Bertz CT molecular complexity index is 109. The molecule has 0 aliphatic rings. The molecule has 0 heterocycles. The highest BCUT2D eigenvalue weighted by atomic mass is 15.2. The first-order valence-corrected chi connectivity index (χ1v) is 5.53. The van der Waals surface area contributed by atoms with Gasteiger partial charge in [-0.2, -0.15) is 0 Å². The molecule has 0 saturated heterocycles. The standard InChI is InChI=1S/C11H26N2/c1-6-8-11(9-12-4)13(5)10(3)7-2/h10-12H,6-9H2,1-5H3. The molecule has 0 aromatic carbocycles. The van der Waals surface area contributed by atoms with E-state index in [4.69, 9.17) is 0 Å². The minimum absolute atomic E-state index is 0.699. The van der Waals surface area contributed by atoms with Crippen LogP contribution in [-0.4, -0.2) is 37.6 Å². The molecule has 0 bridgehead atoms. The van der Waals surface area contributed by atoms with Gasteiger partial charge in [-0.1, -0.05) is 20.3 Å². The quantitative estimate of drug-likeness (QED) is 0.655. The molecular weight excluding hydrogens is 160 g/mol. The largest absolute Gasteiger partial charge is 0.318 e. The monoisotopic (exact) mass is 186 g/mol. The third-order valence-electron chi connectivity index (χ3n) is 2.92. The summed E-state index contributed by atoms with van der Waals surface area (Å²) >= 11 is 0. The Hall–Kier alpha value is -0.0800. The molecule has 0 aromatic rings. The minimum atomic E-state index is 0.699. The topological polar surface area (TPSA) is 15.3 Å². The average Bonchev–Trinajstić information content (AvgIpc) is 2.15. The first-order chi connectivity index (χ1) is 6.17. The van der Waals surface area contributed by atoms with Gasteiger partial charge in [-0.15, -0.1) is 0 Å². The van der Waals surface area contributed by atoms with Crippen molar-refractivity contribution in [3.8, 4) is 0 Å². The maximum Gasteiger partial charge on any atom is 0.0220 e. The lowest BCUT2D eigenvalue weighted by atomic mass is 10.1. The summed E-state index contributed by atoms with van der Waals surface area (Å²) in [6, 6.07) is 1.40. The summed E-state index contributed by atoms with van der Waals surface area (Å²) in [5.41, 5.74) is 0. The fourth-order valence-corrected chi connectivity index (χ4v) is 1.67. The van der Waals surface area contributed by atoms with E-state index in [0.29, 0.717) is 12.1 Å². The van der Waals surface area contributed by atoms with Gasteiger partial charge in [0.25, 0.3) is 0 Å². The molecule has 2 atom stereocenters. The molecule has 1 N–H and O–H groups in total. The third kappa shape index (κ3) is 4.63. The van der Waals surface area contributed by atoms with Crippen molar-refractivity contribution >= 4 is 0 Å². The highest BCUT2D eigenvalue weighted by molar-refractivity contribution is 4.74. The lowest BCUT2D eigenvalue weighted by Crippen LogP contribution is -2.43. The van der Waals surface area contributed by atoms with Crippen molar-refractivity contribution in [1.82, 2.24) is 10.2 Å². The highest BCUT2D eigenvalue weighted by Crippen LogP contribution is 2.10. The lowest BCUT2D eigenvalue weighted by Gasteiger charge is -2.32. The number of rotatable bonds is 7. The van der Waals surface area contributed by atoms with E-state index < -0.39 is 0 Å². The summed E-state index contributed by atoms with van der Waals surface area (Å²) in [5, 5.41) is 3.27. The summed E-state index contributed by atoms with van der Waals surface area (Å²) in [6.45, 7) is 7.92. The molecule has 2 unspecified atom stereocenters. The Balaban J connectivity index is 4.00. The SMILES string of the molecule is CCCC(CNC)N(C)C(C)CC. The van der Waals surface area contributed by atoms with Crippen LogP contribution in [0.1, 0.15) is 40.0 Å². The van der Waals surface area contributed by atoms with E-state index in [9.17, 15) is 0 Å². The van der Waals surface area contributed by atoms with Crippen molar-refractivity contribution in [1.29, 1.82) is 0 Å². The molecule has 0 saturated carbocycles. The second kappa shape index (κ2) is 7.34. The van der Waals surface area contributed by atoms with E-state index in [0.717, 1.165) is 6.54 Å². The van der Waals surface area contributed by atoms with Crippen LogP contribution >= 0.6 is 0 Å². The fraction of sp³-hybridized carbons (Fsp3) is 1.00. The molecule has 0 radical (unpaired) electrons. The zero-order valence-electron chi connectivity index (χ0n) is 9.93. The highest BCUT2D eigenvalue weighted by Gasteiger charge is 2.16. The number of nitrogens with zero attached hydrogens (tertiary/aromatic N) is 1. The van der Waals surface area contributed by atoms with Crippen LogP contribution in [0.15, 0.2) is 0 Å². The van der Waals surface area contributed by atoms with Crippen molar-refractivity contribution < 1.29 is 0 Å². The van der Waals surface area contributed by atoms with Gasteiger partial charge < -0.3 is 5.32 Å². The predicted molar refractivity (Wildman–Crippen MR) is 60.1 cm³/mol. The van der Waals surface area contributed by atoms with Gasteiger partial charge in [0.2, 0.25) is 0 Å². The summed E-state index contributed by atoms with van der Waals surface area (Å²) in [4.78, 5) is 2.50. The minimum Gasteiger partial charge on any atom is -0.318 e. The predicted octanol–water partition coefficient (Wildman–Crippen LogP) is 2.10. The average molecular weight is 186 g/mol. The van der Waals surface area contributed by atoms with Gasteiger partial charge >= 0.3 is 0 Å². The molecule has 0 amide bonds. The molecule has 13 heavy (non-hydrogen) atoms. The Morgan fingerprint density at radius 2 is 1.92 bits per heavy atom. The Morgan fingerprint density at radius 3 is 2.31 bits per heavy atom. The van der Waals surface area contributed by atoms with Crippen LogP contribution in [0.3, 0.4) is 0 Å². The van der Waals surface area contributed by atoms with Crippen LogP contribution in [0.25, 0.3) is 0 Å². The number of hydrogen-bond acceptors (Lipinski definition) is 2. The van der Waals surface area contributed by atoms with Gasteiger partial charge in [-0.05, 0) is 33.9 Å². The zero-order chi connectivity index (χ0) is 10.3. The van der Waals surface area contributed by atoms with Crippen LogP contribution in [0.4, 0.5) is 0 Å². The second-order valence-electron chi connectivity index (χ2n) is 3.92. The molecule has 0 aromatic heterocycles. The van der Waals surface area contributed by atoms with Crippen molar-refractivity contribution in [2.24, 2.45) is 0 Å². The first kappa shape index (κ1) is 12.9. The van der Waals surface area contributed by atoms with Gasteiger partial charge in [-0.25, -0.2) is 0 Å². The van der Waals surface area contributed by atoms with Crippen LogP contribution in [0.2, 0.25) is 0 Å². The maximum absolute atomic E-state index is 3.27. The van der Waals surface area contributed by atoms with Crippen molar-refractivity contribution in [2.45, 2.75) is 52.1 Å². The van der Waals surface area contributed by atoms with Crippen LogP contribution in [-0.2, 0) is 0 Å². The van der Waals surface area contributed by atoms with Crippen molar-refractivity contribution in [3.05, 3.63) is 0 Å². The molecule has 0 rings (SSSR count). The summed E-state index contributed by atoms with van der Waals surface area (Å²) in [7, 11) is 4.28. The second-order valence-corrected chi connectivity index (χ2v) is 3.92.